The summed E-state index contributed by atoms with van der Waals surface area (Å²) in [6.45, 7) is 7.72. The summed E-state index contributed by atoms with van der Waals surface area (Å²) < 4.78 is 0. The Morgan fingerprint density at radius 3 is 2.35 bits per heavy atom. The molecular formula is C15H20N2O3. The van der Waals surface area contributed by atoms with Crippen LogP contribution in [0.5, 0.6) is 0 Å². The standard InChI is InChI=1S/C15H20N2O3/c1-5-15(6-2)11-8-13(17(19)20)10(9(3)4)7-12(11)16-14(15)18/h7-9H,5-6H2,1-4H3,(H,16,18). The predicted octanol–water partition coefficient (Wildman–Crippen LogP) is 3.73. The molecule has 0 atom stereocenters. The van der Waals surface area contributed by atoms with E-state index in [2.05, 4.69) is 5.32 Å². The van der Waals surface area contributed by atoms with Crippen molar-refractivity contribution >= 4 is 17.3 Å². The molecule has 0 fully saturated rings. The number of anilines is 1. The van der Waals surface area contributed by atoms with E-state index >= 15 is 0 Å². The number of nitrogens with zero attached hydrogens (tertiary/aromatic N) is 1. The van der Waals surface area contributed by atoms with Crippen molar-refractivity contribution in [3.63, 3.8) is 0 Å². The lowest BCUT2D eigenvalue weighted by molar-refractivity contribution is -0.385. The molecule has 1 heterocycles. The molecule has 0 spiro atoms. The SMILES string of the molecule is CCC1(CC)C(=O)Nc2cc(C(C)C)c([N+](=O)[O-])cc21. The van der Waals surface area contributed by atoms with Crippen molar-refractivity contribution in [2.75, 3.05) is 5.32 Å². The first-order valence-electron chi connectivity index (χ1n) is 7.01. The molecule has 1 amide bonds. The van der Waals surface area contributed by atoms with E-state index in [-0.39, 0.29) is 22.4 Å². The van der Waals surface area contributed by atoms with E-state index in [0.29, 0.717) is 18.4 Å². The summed E-state index contributed by atoms with van der Waals surface area (Å²) in [4.78, 5) is 23.2. The second kappa shape index (κ2) is 4.89. The van der Waals surface area contributed by atoms with Gasteiger partial charge in [-0.15, -0.1) is 0 Å². The van der Waals surface area contributed by atoms with Crippen LogP contribution in [0.4, 0.5) is 11.4 Å². The summed E-state index contributed by atoms with van der Waals surface area (Å²) >= 11 is 0. The molecule has 1 aromatic rings. The monoisotopic (exact) mass is 276 g/mol. The number of rotatable bonds is 4. The molecule has 1 N–H and O–H groups in total. The Bertz CT molecular complexity index is 575. The molecule has 0 saturated heterocycles. The van der Waals surface area contributed by atoms with Crippen LogP contribution < -0.4 is 5.32 Å². The Kier molecular flexibility index (Phi) is 3.54. The first-order chi connectivity index (χ1) is 9.37. The summed E-state index contributed by atoms with van der Waals surface area (Å²) in [7, 11) is 0. The lowest BCUT2D eigenvalue weighted by Crippen LogP contribution is -2.32. The molecule has 2 rings (SSSR count). The Labute approximate surface area is 118 Å². The molecule has 1 aliphatic rings. The fraction of sp³-hybridized carbons (Fsp3) is 0.533. The highest BCUT2D eigenvalue weighted by Gasteiger charge is 2.45. The van der Waals surface area contributed by atoms with E-state index in [1.165, 1.54) is 0 Å². The third-order valence-corrected chi connectivity index (χ3v) is 4.39. The van der Waals surface area contributed by atoms with Crippen molar-refractivity contribution < 1.29 is 9.72 Å². The highest BCUT2D eigenvalue weighted by molar-refractivity contribution is 6.06. The minimum Gasteiger partial charge on any atom is -0.325 e. The zero-order valence-corrected chi connectivity index (χ0v) is 12.3. The second-order valence-corrected chi connectivity index (χ2v) is 5.61. The van der Waals surface area contributed by atoms with E-state index in [9.17, 15) is 14.9 Å². The van der Waals surface area contributed by atoms with Gasteiger partial charge >= 0.3 is 0 Å². The highest BCUT2D eigenvalue weighted by Crippen LogP contribution is 2.46. The maximum Gasteiger partial charge on any atom is 0.273 e. The maximum atomic E-state index is 12.3. The molecule has 0 aromatic heterocycles. The quantitative estimate of drug-likeness (QED) is 0.672. The van der Waals surface area contributed by atoms with Crippen LogP contribution in [-0.2, 0) is 10.2 Å². The van der Waals surface area contributed by atoms with Gasteiger partial charge in [-0.2, -0.15) is 0 Å². The molecule has 1 aromatic carbocycles. The van der Waals surface area contributed by atoms with Gasteiger partial charge in [-0.3, -0.25) is 14.9 Å². The molecule has 0 radical (unpaired) electrons. The number of carbonyl (C=O) groups is 1. The molecule has 1 aliphatic heterocycles. The van der Waals surface area contributed by atoms with Gasteiger partial charge in [0.2, 0.25) is 5.91 Å². The molecular weight excluding hydrogens is 256 g/mol. The number of carbonyl (C=O) groups excluding carboxylic acids is 1. The van der Waals surface area contributed by atoms with Gasteiger partial charge in [0, 0.05) is 17.3 Å². The van der Waals surface area contributed by atoms with Crippen LogP contribution >= 0.6 is 0 Å². The van der Waals surface area contributed by atoms with Gasteiger partial charge in [0.1, 0.15) is 0 Å². The number of benzene rings is 1. The molecule has 0 aliphatic carbocycles. The number of amides is 1. The predicted molar refractivity (Wildman–Crippen MR) is 78.1 cm³/mol. The van der Waals surface area contributed by atoms with Crippen LogP contribution in [0.1, 0.15) is 57.6 Å². The first kappa shape index (κ1) is 14.5. The van der Waals surface area contributed by atoms with Crippen LogP contribution in [0.25, 0.3) is 0 Å². The summed E-state index contributed by atoms with van der Waals surface area (Å²) in [6.07, 6.45) is 1.28. The summed E-state index contributed by atoms with van der Waals surface area (Å²) in [6, 6.07) is 3.36. The van der Waals surface area contributed by atoms with Crippen molar-refractivity contribution in [3.05, 3.63) is 33.4 Å². The van der Waals surface area contributed by atoms with Crippen molar-refractivity contribution in [2.24, 2.45) is 0 Å². The smallest absolute Gasteiger partial charge is 0.273 e. The summed E-state index contributed by atoms with van der Waals surface area (Å²) in [5.41, 5.74) is 1.64. The zero-order chi connectivity index (χ0) is 15.1. The molecule has 0 bridgehead atoms. The van der Waals surface area contributed by atoms with E-state index in [1.807, 2.05) is 27.7 Å². The molecule has 0 saturated carbocycles. The highest BCUT2D eigenvalue weighted by atomic mass is 16.6. The average Bonchev–Trinajstić information content (AvgIpc) is 2.68. The third-order valence-electron chi connectivity index (χ3n) is 4.39. The van der Waals surface area contributed by atoms with Crippen LogP contribution in [0.2, 0.25) is 0 Å². The number of hydrogen-bond acceptors (Lipinski definition) is 3. The van der Waals surface area contributed by atoms with Crippen molar-refractivity contribution in [2.45, 2.75) is 51.9 Å². The Balaban J connectivity index is 2.71. The van der Waals surface area contributed by atoms with Crippen molar-refractivity contribution in [1.29, 1.82) is 0 Å². The Hall–Kier alpha value is -1.91. The molecule has 5 heteroatoms. The summed E-state index contributed by atoms with van der Waals surface area (Å²) in [5, 5.41) is 14.2. The normalized spacial score (nSPS) is 16.1. The van der Waals surface area contributed by atoms with Gasteiger partial charge in [-0.05, 0) is 30.4 Å². The Morgan fingerprint density at radius 1 is 1.30 bits per heavy atom. The minimum absolute atomic E-state index is 0.0378. The largest absolute Gasteiger partial charge is 0.325 e. The van der Waals surface area contributed by atoms with Crippen LogP contribution in [0, 0.1) is 10.1 Å². The third kappa shape index (κ3) is 1.88. The topological polar surface area (TPSA) is 72.2 Å². The fourth-order valence-corrected chi connectivity index (χ4v) is 3.04. The summed E-state index contributed by atoms with van der Waals surface area (Å²) in [5.74, 6) is -0.0106. The minimum atomic E-state index is -0.629. The number of nitrogens with one attached hydrogen (secondary N) is 1. The maximum absolute atomic E-state index is 12.3. The molecule has 0 unspecified atom stereocenters. The van der Waals surface area contributed by atoms with Gasteiger partial charge in [0.15, 0.2) is 0 Å². The van der Waals surface area contributed by atoms with Crippen LogP contribution in [0.15, 0.2) is 12.1 Å². The van der Waals surface area contributed by atoms with Gasteiger partial charge in [-0.25, -0.2) is 0 Å². The number of nitro benzene ring substituents is 1. The van der Waals surface area contributed by atoms with Crippen LogP contribution in [0.3, 0.4) is 0 Å². The molecule has 5 nitrogen and oxygen atoms in total. The molecule has 108 valence electrons. The first-order valence-corrected chi connectivity index (χ1v) is 7.01. The lowest BCUT2D eigenvalue weighted by Gasteiger charge is -2.24. The Morgan fingerprint density at radius 2 is 1.90 bits per heavy atom. The fourth-order valence-electron chi connectivity index (χ4n) is 3.04. The number of hydrogen-bond donors (Lipinski definition) is 1. The van der Waals surface area contributed by atoms with E-state index in [1.54, 1.807) is 12.1 Å². The lowest BCUT2D eigenvalue weighted by atomic mass is 9.76. The second-order valence-electron chi connectivity index (χ2n) is 5.61. The van der Waals surface area contributed by atoms with Gasteiger partial charge in [0.25, 0.3) is 5.69 Å². The van der Waals surface area contributed by atoms with Gasteiger partial charge < -0.3 is 5.32 Å². The van der Waals surface area contributed by atoms with Crippen molar-refractivity contribution in [1.82, 2.24) is 0 Å². The van der Waals surface area contributed by atoms with Crippen LogP contribution in [-0.4, -0.2) is 10.8 Å². The van der Waals surface area contributed by atoms with E-state index in [0.717, 1.165) is 11.3 Å². The average molecular weight is 276 g/mol. The van der Waals surface area contributed by atoms with Crippen molar-refractivity contribution in [3.8, 4) is 0 Å². The van der Waals surface area contributed by atoms with E-state index < -0.39 is 5.41 Å². The van der Waals surface area contributed by atoms with Gasteiger partial charge in [0.05, 0.1) is 10.3 Å². The van der Waals surface area contributed by atoms with Gasteiger partial charge in [-0.1, -0.05) is 27.7 Å². The van der Waals surface area contributed by atoms with E-state index in [4.69, 9.17) is 0 Å². The number of nitro groups is 1. The number of fused-ring (bicyclic) bond motifs is 1. The molecule has 20 heavy (non-hydrogen) atoms. The zero-order valence-electron chi connectivity index (χ0n) is 12.3.